The lowest BCUT2D eigenvalue weighted by Crippen LogP contribution is -2.40. The number of amides is 1. The van der Waals surface area contributed by atoms with Crippen LogP contribution in [0.5, 0.6) is 0 Å². The van der Waals surface area contributed by atoms with Crippen LogP contribution >= 0.6 is 11.6 Å². The summed E-state index contributed by atoms with van der Waals surface area (Å²) in [5, 5.41) is 3.25. The molecule has 0 aromatic heterocycles. The van der Waals surface area contributed by atoms with Gasteiger partial charge in [0.2, 0.25) is 5.91 Å². The number of rotatable bonds is 6. The predicted octanol–water partition coefficient (Wildman–Crippen LogP) is 1.08. The summed E-state index contributed by atoms with van der Waals surface area (Å²) in [5.74, 6) is -1.24. The number of nitrogens with one attached hydrogen (secondary N) is 1. The summed E-state index contributed by atoms with van der Waals surface area (Å²) in [5.41, 5.74) is 0.973. The lowest BCUT2D eigenvalue weighted by Gasteiger charge is -2.22. The molecule has 140 valence electrons. The maximum atomic E-state index is 12.1. The van der Waals surface area contributed by atoms with Crippen LogP contribution in [0, 0.1) is 0 Å². The summed E-state index contributed by atoms with van der Waals surface area (Å²) in [6, 6.07) is 7.18. The van der Waals surface area contributed by atoms with Crippen LogP contribution in [0.3, 0.4) is 0 Å². The summed E-state index contributed by atoms with van der Waals surface area (Å²) in [4.78, 5) is 23.7. The molecule has 1 aliphatic rings. The van der Waals surface area contributed by atoms with Gasteiger partial charge in [0.05, 0.1) is 18.4 Å². The molecule has 1 heterocycles. The first kappa shape index (κ1) is 19.9. The number of halogens is 1. The monoisotopic (exact) mass is 399 g/mol. The van der Waals surface area contributed by atoms with Gasteiger partial charge in [0, 0.05) is 17.8 Å². The molecular formula is C16H18ClN3O5S. The molecule has 1 N–H and O–H groups in total. The smallest absolute Gasteiger partial charge is 0.344 e. The highest BCUT2D eigenvalue weighted by molar-refractivity contribution is 7.88. The van der Waals surface area contributed by atoms with Crippen LogP contribution < -0.4 is 5.32 Å². The van der Waals surface area contributed by atoms with E-state index >= 15 is 0 Å². The van der Waals surface area contributed by atoms with Gasteiger partial charge in [-0.05, 0) is 31.0 Å². The number of ether oxygens (including phenoxy) is 1. The molecular weight excluding hydrogens is 382 g/mol. The van der Waals surface area contributed by atoms with Gasteiger partial charge in [0.25, 0.3) is 0 Å². The third kappa shape index (κ3) is 5.06. The highest BCUT2D eigenvalue weighted by Gasteiger charge is 2.29. The van der Waals surface area contributed by atoms with Gasteiger partial charge < -0.3 is 10.1 Å². The molecule has 0 saturated heterocycles. The van der Waals surface area contributed by atoms with E-state index in [1.54, 1.807) is 12.1 Å². The Bertz CT molecular complexity index is 862. The Morgan fingerprint density at radius 2 is 1.92 bits per heavy atom. The predicted molar refractivity (Wildman–Crippen MR) is 97.0 cm³/mol. The molecule has 0 bridgehead atoms. The SMILES string of the molecule is COC(=O)C1=CN(CC(=O)NCCc2ccc(Cl)cc2)S(=O)(=O)N=C1C. The third-order valence-electron chi connectivity index (χ3n) is 3.57. The second-order valence-electron chi connectivity index (χ2n) is 5.46. The van der Waals surface area contributed by atoms with Gasteiger partial charge in [-0.25, -0.2) is 9.10 Å². The number of hydrogen-bond acceptors (Lipinski definition) is 5. The van der Waals surface area contributed by atoms with Crippen molar-refractivity contribution in [1.82, 2.24) is 9.62 Å². The lowest BCUT2D eigenvalue weighted by atomic mass is 10.1. The average molecular weight is 400 g/mol. The van der Waals surface area contributed by atoms with Crippen LogP contribution in [0.25, 0.3) is 0 Å². The van der Waals surface area contributed by atoms with E-state index in [0.29, 0.717) is 22.3 Å². The number of nitrogens with zero attached hydrogens (tertiary/aromatic N) is 2. The molecule has 0 spiro atoms. The minimum absolute atomic E-state index is 0.0104. The Labute approximate surface area is 156 Å². The summed E-state index contributed by atoms with van der Waals surface area (Å²) >= 11 is 5.81. The van der Waals surface area contributed by atoms with E-state index in [1.807, 2.05) is 12.1 Å². The Hall–Kier alpha value is -2.39. The van der Waals surface area contributed by atoms with E-state index in [-0.39, 0.29) is 11.3 Å². The summed E-state index contributed by atoms with van der Waals surface area (Å²) < 4.78 is 32.9. The van der Waals surface area contributed by atoms with Crippen molar-refractivity contribution in [2.45, 2.75) is 13.3 Å². The van der Waals surface area contributed by atoms with Crippen molar-refractivity contribution in [2.75, 3.05) is 20.2 Å². The molecule has 0 saturated carbocycles. The first-order valence-electron chi connectivity index (χ1n) is 7.63. The zero-order valence-electron chi connectivity index (χ0n) is 14.2. The molecule has 0 fully saturated rings. The van der Waals surface area contributed by atoms with Crippen LogP contribution in [0.15, 0.2) is 40.4 Å². The lowest BCUT2D eigenvalue weighted by molar-refractivity contribution is -0.135. The van der Waals surface area contributed by atoms with Gasteiger partial charge in [0.1, 0.15) is 6.54 Å². The van der Waals surface area contributed by atoms with Gasteiger partial charge in [-0.2, -0.15) is 8.42 Å². The first-order valence-corrected chi connectivity index (χ1v) is 9.40. The summed E-state index contributed by atoms with van der Waals surface area (Å²) in [6.07, 6.45) is 1.62. The van der Waals surface area contributed by atoms with Crippen LogP contribution in [-0.4, -0.2) is 50.5 Å². The van der Waals surface area contributed by atoms with Crippen molar-refractivity contribution >= 4 is 39.4 Å². The molecule has 0 atom stereocenters. The molecule has 26 heavy (non-hydrogen) atoms. The third-order valence-corrected chi connectivity index (χ3v) is 5.15. The largest absolute Gasteiger partial charge is 0.465 e. The second-order valence-corrected chi connectivity index (χ2v) is 7.44. The quantitative estimate of drug-likeness (QED) is 0.720. The average Bonchev–Trinajstić information content (AvgIpc) is 2.58. The van der Waals surface area contributed by atoms with Crippen molar-refractivity contribution < 1.29 is 22.7 Å². The molecule has 10 heteroatoms. The van der Waals surface area contributed by atoms with Gasteiger partial charge in [-0.3, -0.25) is 4.79 Å². The van der Waals surface area contributed by atoms with Crippen LogP contribution in [0.2, 0.25) is 5.02 Å². The van der Waals surface area contributed by atoms with E-state index in [2.05, 4.69) is 14.5 Å². The van der Waals surface area contributed by atoms with E-state index < -0.39 is 28.6 Å². The Kier molecular flexibility index (Phi) is 6.38. The number of methoxy groups -OCH3 is 1. The molecule has 8 nitrogen and oxygen atoms in total. The van der Waals surface area contributed by atoms with Gasteiger partial charge in [-0.15, -0.1) is 4.40 Å². The molecule has 0 unspecified atom stereocenters. The minimum Gasteiger partial charge on any atom is -0.465 e. The maximum Gasteiger partial charge on any atom is 0.344 e. The number of benzene rings is 1. The Balaban J connectivity index is 1.97. The van der Waals surface area contributed by atoms with Crippen molar-refractivity contribution in [1.29, 1.82) is 0 Å². The fraction of sp³-hybridized carbons (Fsp3) is 0.312. The fourth-order valence-corrected chi connectivity index (χ4v) is 3.41. The molecule has 1 aromatic rings. The normalized spacial score (nSPS) is 15.7. The van der Waals surface area contributed by atoms with E-state index in [0.717, 1.165) is 11.8 Å². The fourth-order valence-electron chi connectivity index (χ4n) is 2.21. The molecule has 0 radical (unpaired) electrons. The topological polar surface area (TPSA) is 105 Å². The van der Waals surface area contributed by atoms with Crippen LogP contribution in [0.4, 0.5) is 0 Å². The molecule has 1 aromatic carbocycles. The number of esters is 1. The standard InChI is InChI=1S/C16H18ClN3O5S/c1-11-14(16(22)25-2)9-20(26(23,24)19-11)10-15(21)18-8-7-12-3-5-13(17)6-4-12/h3-6,9H,7-8,10H2,1-2H3,(H,18,21). The number of hydrogen-bond donors (Lipinski definition) is 1. The van der Waals surface area contributed by atoms with E-state index in [1.165, 1.54) is 14.0 Å². The summed E-state index contributed by atoms with van der Waals surface area (Å²) in [7, 11) is -2.89. The minimum atomic E-state index is -4.06. The van der Waals surface area contributed by atoms with Crippen molar-refractivity contribution in [2.24, 2.45) is 4.40 Å². The first-order chi connectivity index (χ1) is 12.2. The van der Waals surface area contributed by atoms with Crippen molar-refractivity contribution in [3.05, 3.63) is 46.6 Å². The highest BCUT2D eigenvalue weighted by Crippen LogP contribution is 2.17. The number of carbonyl (C=O) groups excluding carboxylic acids is 2. The van der Waals surface area contributed by atoms with Gasteiger partial charge in [0.15, 0.2) is 0 Å². The van der Waals surface area contributed by atoms with E-state index in [9.17, 15) is 18.0 Å². The van der Waals surface area contributed by atoms with Crippen molar-refractivity contribution in [3.8, 4) is 0 Å². The van der Waals surface area contributed by atoms with Crippen molar-refractivity contribution in [3.63, 3.8) is 0 Å². The van der Waals surface area contributed by atoms with Crippen LogP contribution in [-0.2, 0) is 31.0 Å². The molecule has 2 rings (SSSR count). The summed E-state index contributed by atoms with van der Waals surface area (Å²) in [6.45, 7) is 1.22. The van der Waals surface area contributed by atoms with Gasteiger partial charge >= 0.3 is 16.2 Å². The highest BCUT2D eigenvalue weighted by atomic mass is 35.5. The molecule has 0 aliphatic carbocycles. The number of carbonyl (C=O) groups is 2. The maximum absolute atomic E-state index is 12.1. The van der Waals surface area contributed by atoms with E-state index in [4.69, 9.17) is 11.6 Å². The zero-order valence-corrected chi connectivity index (χ0v) is 15.8. The Morgan fingerprint density at radius 3 is 2.54 bits per heavy atom. The van der Waals surface area contributed by atoms with Crippen LogP contribution in [0.1, 0.15) is 12.5 Å². The second kappa shape index (κ2) is 8.33. The Morgan fingerprint density at radius 1 is 1.27 bits per heavy atom. The molecule has 1 amide bonds. The van der Waals surface area contributed by atoms with Gasteiger partial charge in [-0.1, -0.05) is 23.7 Å². The molecule has 1 aliphatic heterocycles. The zero-order chi connectivity index (χ0) is 19.3.